The van der Waals surface area contributed by atoms with Gasteiger partial charge < -0.3 is 5.32 Å². The smallest absolute Gasteiger partial charge is 0.143 e. The van der Waals surface area contributed by atoms with Crippen LogP contribution in [-0.4, -0.2) is 0 Å². The molecule has 0 aromatic heterocycles. The van der Waals surface area contributed by atoms with Crippen molar-refractivity contribution in [3.05, 3.63) is 64.4 Å². The number of halogens is 4. The van der Waals surface area contributed by atoms with Gasteiger partial charge in [-0.15, -0.1) is 0 Å². The molecule has 0 aliphatic carbocycles. The summed E-state index contributed by atoms with van der Waals surface area (Å²) < 4.78 is 39.8. The van der Waals surface area contributed by atoms with E-state index in [-0.39, 0.29) is 17.1 Å². The predicted octanol–water partition coefficient (Wildman–Crippen LogP) is 4.37. The number of nitrogens with one attached hydrogen (secondary N) is 1. The maximum atomic E-state index is 13.3. The Hall–Kier alpha value is -1.68. The quantitative estimate of drug-likeness (QED) is 0.874. The lowest BCUT2D eigenvalue weighted by atomic mass is 10.2. The molecule has 0 heterocycles. The van der Waals surface area contributed by atoms with Gasteiger partial charge in [0.2, 0.25) is 0 Å². The lowest BCUT2D eigenvalue weighted by molar-refractivity contribution is 0.560. The largest absolute Gasteiger partial charge is 0.381 e. The van der Waals surface area contributed by atoms with Crippen molar-refractivity contribution in [3.63, 3.8) is 0 Å². The van der Waals surface area contributed by atoms with Gasteiger partial charge in [-0.05, 0) is 30.3 Å². The molecule has 0 spiro atoms. The number of hydrogen-bond donors (Lipinski definition) is 1. The van der Waals surface area contributed by atoms with Crippen LogP contribution < -0.4 is 5.32 Å². The first-order valence-electron chi connectivity index (χ1n) is 5.20. The highest BCUT2D eigenvalue weighted by molar-refractivity contribution is 6.30. The molecule has 0 saturated heterocycles. The molecular formula is C13H9ClF3N. The van der Waals surface area contributed by atoms with Gasteiger partial charge in [0, 0.05) is 17.8 Å². The first kappa shape index (κ1) is 12.8. The minimum absolute atomic E-state index is 0.00220. The van der Waals surface area contributed by atoms with Crippen LogP contribution in [0.25, 0.3) is 0 Å². The monoisotopic (exact) mass is 271 g/mol. The molecule has 2 aromatic rings. The Labute approximate surface area is 107 Å². The summed E-state index contributed by atoms with van der Waals surface area (Å²) in [7, 11) is 0. The lowest BCUT2D eigenvalue weighted by Gasteiger charge is -2.08. The van der Waals surface area contributed by atoms with E-state index in [2.05, 4.69) is 5.32 Å². The molecule has 0 fully saturated rings. The van der Waals surface area contributed by atoms with Crippen LogP contribution in [0.4, 0.5) is 18.9 Å². The molecule has 0 unspecified atom stereocenters. The third-order valence-corrected chi connectivity index (χ3v) is 2.76. The van der Waals surface area contributed by atoms with Crippen molar-refractivity contribution in [2.24, 2.45) is 0 Å². The fraction of sp³-hybridized carbons (Fsp3) is 0.0769. The lowest BCUT2D eigenvalue weighted by Crippen LogP contribution is -2.04. The molecule has 5 heteroatoms. The van der Waals surface area contributed by atoms with E-state index < -0.39 is 17.5 Å². The fourth-order valence-electron chi connectivity index (χ4n) is 1.50. The molecule has 0 aliphatic heterocycles. The van der Waals surface area contributed by atoms with Gasteiger partial charge in [-0.3, -0.25) is 0 Å². The van der Waals surface area contributed by atoms with Crippen molar-refractivity contribution in [2.45, 2.75) is 6.54 Å². The van der Waals surface area contributed by atoms with Crippen LogP contribution in [0.15, 0.2) is 36.4 Å². The number of benzene rings is 2. The van der Waals surface area contributed by atoms with E-state index in [1.165, 1.54) is 36.4 Å². The van der Waals surface area contributed by atoms with Crippen LogP contribution in [0.3, 0.4) is 0 Å². The molecule has 0 radical (unpaired) electrons. The predicted molar refractivity (Wildman–Crippen MR) is 65.1 cm³/mol. The van der Waals surface area contributed by atoms with E-state index in [0.717, 1.165) is 0 Å². The molecule has 0 atom stereocenters. The van der Waals surface area contributed by atoms with Gasteiger partial charge in [-0.25, -0.2) is 13.2 Å². The number of hydrogen-bond acceptors (Lipinski definition) is 1. The maximum Gasteiger partial charge on any atom is 0.143 e. The van der Waals surface area contributed by atoms with Crippen molar-refractivity contribution >= 4 is 17.3 Å². The van der Waals surface area contributed by atoms with Crippen LogP contribution in [0.5, 0.6) is 0 Å². The zero-order valence-electron chi connectivity index (χ0n) is 9.18. The van der Waals surface area contributed by atoms with E-state index in [4.69, 9.17) is 11.6 Å². The highest BCUT2D eigenvalue weighted by Gasteiger charge is 2.08. The normalized spacial score (nSPS) is 10.4. The molecule has 18 heavy (non-hydrogen) atoms. The Morgan fingerprint density at radius 3 is 2.22 bits per heavy atom. The summed E-state index contributed by atoms with van der Waals surface area (Å²) >= 11 is 5.53. The topological polar surface area (TPSA) is 12.0 Å². The summed E-state index contributed by atoms with van der Waals surface area (Å²) in [6, 6.07) is 7.70. The summed E-state index contributed by atoms with van der Waals surface area (Å²) in [5.74, 6) is -1.87. The zero-order chi connectivity index (χ0) is 13.1. The first-order valence-corrected chi connectivity index (χ1v) is 5.57. The van der Waals surface area contributed by atoms with Gasteiger partial charge in [-0.2, -0.15) is 0 Å². The van der Waals surface area contributed by atoms with Crippen LogP contribution in [0.1, 0.15) is 5.56 Å². The Morgan fingerprint density at radius 2 is 1.61 bits per heavy atom. The fourth-order valence-corrected chi connectivity index (χ4v) is 1.62. The van der Waals surface area contributed by atoms with Crippen LogP contribution in [0.2, 0.25) is 5.02 Å². The second-order valence-corrected chi connectivity index (χ2v) is 4.09. The van der Waals surface area contributed by atoms with Gasteiger partial charge in [0.1, 0.15) is 17.5 Å². The average molecular weight is 272 g/mol. The molecule has 2 rings (SSSR count). The number of anilines is 1. The van der Waals surface area contributed by atoms with E-state index >= 15 is 0 Å². The molecule has 1 nitrogen and oxygen atoms in total. The van der Waals surface area contributed by atoms with E-state index in [0.29, 0.717) is 5.69 Å². The van der Waals surface area contributed by atoms with Crippen LogP contribution in [0, 0.1) is 17.5 Å². The SMILES string of the molecule is Fc1cc(NCc2c(F)cccc2F)ccc1Cl. The molecule has 2 aromatic carbocycles. The molecular weight excluding hydrogens is 263 g/mol. The maximum absolute atomic E-state index is 13.3. The third kappa shape index (κ3) is 2.76. The standard InChI is InChI=1S/C13H9ClF3N/c14-10-5-4-8(6-13(10)17)18-7-9-11(15)2-1-3-12(9)16/h1-6,18H,7H2. The minimum atomic E-state index is -0.642. The van der Waals surface area contributed by atoms with Crippen LogP contribution >= 0.6 is 11.6 Å². The van der Waals surface area contributed by atoms with E-state index in [1.807, 2.05) is 0 Å². The second-order valence-electron chi connectivity index (χ2n) is 3.68. The van der Waals surface area contributed by atoms with Crippen LogP contribution in [-0.2, 0) is 6.54 Å². The summed E-state index contributed by atoms with van der Waals surface area (Å²) in [4.78, 5) is 0. The highest BCUT2D eigenvalue weighted by Crippen LogP contribution is 2.20. The molecule has 0 saturated carbocycles. The third-order valence-electron chi connectivity index (χ3n) is 2.45. The highest BCUT2D eigenvalue weighted by atomic mass is 35.5. The summed E-state index contributed by atoms with van der Waals surface area (Å²) in [6.07, 6.45) is 0. The van der Waals surface area contributed by atoms with Crippen molar-refractivity contribution < 1.29 is 13.2 Å². The van der Waals surface area contributed by atoms with E-state index in [1.54, 1.807) is 0 Å². The molecule has 94 valence electrons. The first-order chi connectivity index (χ1) is 8.58. The number of rotatable bonds is 3. The summed E-state index contributed by atoms with van der Waals surface area (Å²) in [5, 5.41) is 2.73. The van der Waals surface area contributed by atoms with Crippen molar-refractivity contribution in [1.82, 2.24) is 0 Å². The molecule has 0 amide bonds. The van der Waals surface area contributed by atoms with Gasteiger partial charge in [-0.1, -0.05) is 17.7 Å². The van der Waals surface area contributed by atoms with Crippen molar-refractivity contribution in [3.8, 4) is 0 Å². The second kappa shape index (κ2) is 5.31. The molecule has 0 bridgehead atoms. The summed E-state index contributed by atoms with van der Waals surface area (Å²) in [6.45, 7) is -0.0699. The minimum Gasteiger partial charge on any atom is -0.381 e. The Balaban J connectivity index is 2.14. The van der Waals surface area contributed by atoms with Crippen molar-refractivity contribution in [2.75, 3.05) is 5.32 Å². The average Bonchev–Trinajstić information content (AvgIpc) is 2.33. The van der Waals surface area contributed by atoms with Gasteiger partial charge in [0.25, 0.3) is 0 Å². The van der Waals surface area contributed by atoms with Gasteiger partial charge in [0.05, 0.1) is 5.02 Å². The van der Waals surface area contributed by atoms with Gasteiger partial charge in [0.15, 0.2) is 0 Å². The van der Waals surface area contributed by atoms with E-state index in [9.17, 15) is 13.2 Å². The Kier molecular flexibility index (Phi) is 3.77. The van der Waals surface area contributed by atoms with Gasteiger partial charge >= 0.3 is 0 Å². The zero-order valence-corrected chi connectivity index (χ0v) is 9.94. The summed E-state index contributed by atoms with van der Waals surface area (Å²) in [5.41, 5.74) is 0.312. The van der Waals surface area contributed by atoms with Crippen molar-refractivity contribution in [1.29, 1.82) is 0 Å². The Bertz CT molecular complexity index is 552. The molecule has 1 N–H and O–H groups in total. The Morgan fingerprint density at radius 1 is 0.944 bits per heavy atom. The molecule has 0 aliphatic rings.